The number of aromatic nitrogens is 4. The predicted molar refractivity (Wildman–Crippen MR) is 126 cm³/mol. The Kier molecular flexibility index (Phi) is 4.56. The van der Waals surface area contributed by atoms with Gasteiger partial charge >= 0.3 is 0 Å². The molecule has 1 aromatic carbocycles. The van der Waals surface area contributed by atoms with Gasteiger partial charge in [-0.3, -0.25) is 0 Å². The summed E-state index contributed by atoms with van der Waals surface area (Å²) in [5.41, 5.74) is 3.26. The summed E-state index contributed by atoms with van der Waals surface area (Å²) in [5, 5.41) is 19.8. The van der Waals surface area contributed by atoms with E-state index in [9.17, 15) is 5.11 Å². The van der Waals surface area contributed by atoms with Gasteiger partial charge in [0.2, 0.25) is 0 Å². The molecule has 2 aromatic heterocycles. The second-order valence-corrected chi connectivity index (χ2v) is 10.4. The summed E-state index contributed by atoms with van der Waals surface area (Å²) >= 11 is 0. The van der Waals surface area contributed by atoms with Crippen molar-refractivity contribution in [3.05, 3.63) is 41.3 Å². The number of hydrogen-bond donors (Lipinski definition) is 2. The van der Waals surface area contributed by atoms with Crippen molar-refractivity contribution in [2.45, 2.75) is 76.5 Å². The molecule has 3 fully saturated rings. The quantitative estimate of drug-likeness (QED) is 0.661. The van der Waals surface area contributed by atoms with Crippen molar-refractivity contribution >= 4 is 16.7 Å². The normalized spacial score (nSPS) is 29.9. The molecule has 2 N–H and O–H groups in total. The number of nitrogens with zero attached hydrogens (tertiary/aromatic N) is 5. The Labute approximate surface area is 188 Å². The Morgan fingerprint density at radius 1 is 1.09 bits per heavy atom. The zero-order chi connectivity index (χ0) is 22.0. The van der Waals surface area contributed by atoms with Gasteiger partial charge in [-0.2, -0.15) is 5.10 Å². The van der Waals surface area contributed by atoms with Gasteiger partial charge in [-0.15, -0.1) is 0 Å². The standard InChI is InChI=1S/C25H32N6O/c1-15-8-18-12-27-31(22(18)10-21(15)17-4-6-25(3,32)7-5-17)24-11-23(28-16(2)29-24)30-14-19-9-20(30)13-26-19/h8,10-12,17,19-20,26,32H,4-7,9,13-14H2,1-3H3/t17-,19?,20-,25-/m1/s1. The molecule has 2 atom stereocenters. The van der Waals surface area contributed by atoms with Crippen molar-refractivity contribution in [3.8, 4) is 5.82 Å². The number of anilines is 1. The van der Waals surface area contributed by atoms with Crippen LogP contribution in [-0.2, 0) is 0 Å². The van der Waals surface area contributed by atoms with Crippen LogP contribution in [0.1, 0.15) is 61.9 Å². The highest BCUT2D eigenvalue weighted by Crippen LogP contribution is 2.40. The lowest BCUT2D eigenvalue weighted by atomic mass is 9.76. The maximum absolute atomic E-state index is 10.4. The van der Waals surface area contributed by atoms with Crippen LogP contribution in [0, 0.1) is 13.8 Å². The second kappa shape index (κ2) is 7.25. The van der Waals surface area contributed by atoms with Crippen molar-refractivity contribution < 1.29 is 5.11 Å². The fraction of sp³-hybridized carbons (Fsp3) is 0.560. The van der Waals surface area contributed by atoms with Crippen LogP contribution in [0.3, 0.4) is 0 Å². The van der Waals surface area contributed by atoms with Crippen LogP contribution in [0.25, 0.3) is 16.7 Å². The number of piperazine rings is 1. The number of rotatable bonds is 3. The second-order valence-electron chi connectivity index (χ2n) is 10.4. The van der Waals surface area contributed by atoms with Crippen LogP contribution in [0.2, 0.25) is 0 Å². The Balaban J connectivity index is 1.38. The van der Waals surface area contributed by atoms with Crippen molar-refractivity contribution in [1.82, 2.24) is 25.1 Å². The third kappa shape index (κ3) is 3.39. The van der Waals surface area contributed by atoms with Crippen molar-refractivity contribution in [1.29, 1.82) is 0 Å². The van der Waals surface area contributed by atoms with Gasteiger partial charge in [0.15, 0.2) is 5.82 Å². The number of aliphatic hydroxyl groups is 1. The minimum Gasteiger partial charge on any atom is -0.390 e. The van der Waals surface area contributed by atoms with Gasteiger partial charge in [0.1, 0.15) is 11.6 Å². The first-order valence-electron chi connectivity index (χ1n) is 11.9. The Bertz CT molecular complexity index is 1170. The molecule has 7 heteroatoms. The van der Waals surface area contributed by atoms with E-state index in [1.54, 1.807) is 0 Å². The molecule has 3 aliphatic rings. The highest BCUT2D eigenvalue weighted by molar-refractivity contribution is 5.82. The van der Waals surface area contributed by atoms with Crippen molar-refractivity contribution in [2.75, 3.05) is 18.0 Å². The Morgan fingerprint density at radius 3 is 2.59 bits per heavy atom. The van der Waals surface area contributed by atoms with Gasteiger partial charge in [0.05, 0.1) is 17.3 Å². The number of aryl methyl sites for hydroxylation is 2. The van der Waals surface area contributed by atoms with Crippen molar-refractivity contribution in [2.24, 2.45) is 0 Å². The summed E-state index contributed by atoms with van der Waals surface area (Å²) in [7, 11) is 0. The molecule has 32 heavy (non-hydrogen) atoms. The molecule has 2 bridgehead atoms. The predicted octanol–water partition coefficient (Wildman–Crippen LogP) is 3.39. The summed E-state index contributed by atoms with van der Waals surface area (Å²) in [6, 6.07) is 7.75. The molecule has 2 aliphatic heterocycles. The van der Waals surface area contributed by atoms with Gasteiger partial charge in [-0.05, 0) is 82.1 Å². The average molecular weight is 433 g/mol. The number of nitrogens with one attached hydrogen (secondary N) is 1. The van der Waals surface area contributed by atoms with E-state index in [0.29, 0.717) is 18.0 Å². The highest BCUT2D eigenvalue weighted by Gasteiger charge is 2.38. The van der Waals surface area contributed by atoms with E-state index in [1.165, 1.54) is 17.5 Å². The highest BCUT2D eigenvalue weighted by atomic mass is 16.3. The number of hydrogen-bond acceptors (Lipinski definition) is 6. The first-order chi connectivity index (χ1) is 15.4. The van der Waals surface area contributed by atoms with E-state index in [2.05, 4.69) is 35.3 Å². The Morgan fingerprint density at radius 2 is 1.88 bits per heavy atom. The molecule has 0 radical (unpaired) electrons. The smallest absolute Gasteiger partial charge is 0.159 e. The molecule has 0 spiro atoms. The van der Waals surface area contributed by atoms with E-state index >= 15 is 0 Å². The minimum absolute atomic E-state index is 0.485. The lowest BCUT2D eigenvalue weighted by molar-refractivity contribution is 0.0171. The molecule has 7 nitrogen and oxygen atoms in total. The molecule has 3 aromatic rings. The number of fused-ring (bicyclic) bond motifs is 3. The first-order valence-corrected chi connectivity index (χ1v) is 11.9. The summed E-state index contributed by atoms with van der Waals surface area (Å²) in [6.07, 6.45) is 6.90. The van der Waals surface area contributed by atoms with Crippen LogP contribution in [-0.4, -0.2) is 55.6 Å². The summed E-state index contributed by atoms with van der Waals surface area (Å²) < 4.78 is 1.97. The molecule has 168 valence electrons. The largest absolute Gasteiger partial charge is 0.390 e. The maximum Gasteiger partial charge on any atom is 0.159 e. The summed E-state index contributed by atoms with van der Waals surface area (Å²) in [6.45, 7) is 8.17. The van der Waals surface area contributed by atoms with Gasteiger partial charge in [0, 0.05) is 36.6 Å². The lowest BCUT2D eigenvalue weighted by Gasteiger charge is -2.34. The summed E-state index contributed by atoms with van der Waals surface area (Å²) in [5.74, 6) is 3.10. The summed E-state index contributed by atoms with van der Waals surface area (Å²) in [4.78, 5) is 11.9. The third-order valence-corrected chi connectivity index (χ3v) is 7.84. The molecular formula is C25H32N6O. The van der Waals surface area contributed by atoms with Gasteiger partial charge in [0.25, 0.3) is 0 Å². The van der Waals surface area contributed by atoms with E-state index < -0.39 is 5.60 Å². The van der Waals surface area contributed by atoms with Crippen LogP contribution < -0.4 is 10.2 Å². The Hall–Kier alpha value is -2.51. The maximum atomic E-state index is 10.4. The molecule has 1 saturated carbocycles. The van der Waals surface area contributed by atoms with Gasteiger partial charge < -0.3 is 15.3 Å². The third-order valence-electron chi connectivity index (χ3n) is 7.84. The molecule has 1 unspecified atom stereocenters. The fourth-order valence-electron chi connectivity index (χ4n) is 6.01. The van der Waals surface area contributed by atoms with E-state index in [1.807, 2.05) is 24.7 Å². The van der Waals surface area contributed by atoms with Crippen molar-refractivity contribution in [3.63, 3.8) is 0 Å². The zero-order valence-corrected chi connectivity index (χ0v) is 19.2. The lowest BCUT2D eigenvalue weighted by Crippen LogP contribution is -2.44. The average Bonchev–Trinajstić information content (AvgIpc) is 3.48. The zero-order valence-electron chi connectivity index (χ0n) is 19.2. The van der Waals surface area contributed by atoms with E-state index in [4.69, 9.17) is 15.1 Å². The molecule has 1 aliphatic carbocycles. The molecule has 2 saturated heterocycles. The number of benzene rings is 1. The van der Waals surface area contributed by atoms with Gasteiger partial charge in [-0.25, -0.2) is 14.6 Å². The van der Waals surface area contributed by atoms with E-state index in [0.717, 1.165) is 67.1 Å². The molecule has 0 amide bonds. The van der Waals surface area contributed by atoms with Crippen LogP contribution >= 0.6 is 0 Å². The van der Waals surface area contributed by atoms with Crippen LogP contribution in [0.4, 0.5) is 5.82 Å². The minimum atomic E-state index is -0.518. The molecular weight excluding hydrogens is 400 g/mol. The monoisotopic (exact) mass is 432 g/mol. The molecule has 4 heterocycles. The fourth-order valence-corrected chi connectivity index (χ4v) is 6.01. The SMILES string of the molecule is Cc1nc(N2CC3C[C@@H]2CN3)cc(-n2ncc3cc(C)c([C@H]4CC[C@](C)(O)CC4)cc32)n1. The molecule has 6 rings (SSSR count). The first kappa shape index (κ1) is 20.1. The van der Waals surface area contributed by atoms with Crippen LogP contribution in [0.15, 0.2) is 24.4 Å². The van der Waals surface area contributed by atoms with Gasteiger partial charge in [-0.1, -0.05) is 0 Å². The topological polar surface area (TPSA) is 79.1 Å². The van der Waals surface area contributed by atoms with Crippen LogP contribution in [0.5, 0.6) is 0 Å². The van der Waals surface area contributed by atoms with E-state index in [-0.39, 0.29) is 0 Å².